The zero-order chi connectivity index (χ0) is 13.2. The van der Waals surface area contributed by atoms with Gasteiger partial charge in [-0.15, -0.1) is 0 Å². The van der Waals surface area contributed by atoms with Crippen molar-refractivity contribution in [2.24, 2.45) is 5.92 Å². The maximum atomic E-state index is 10.8. The fourth-order valence-electron chi connectivity index (χ4n) is 3.52. The van der Waals surface area contributed by atoms with Crippen LogP contribution in [0.25, 0.3) is 0 Å². The topological polar surface area (TPSA) is 20.2 Å². The van der Waals surface area contributed by atoms with Crippen LogP contribution in [0.5, 0.6) is 0 Å². The number of rotatable bonds is 3. The molecule has 18 heavy (non-hydrogen) atoms. The quantitative estimate of drug-likeness (QED) is 0.848. The first-order chi connectivity index (χ1) is 8.50. The molecule has 2 unspecified atom stereocenters. The van der Waals surface area contributed by atoms with Gasteiger partial charge < -0.3 is 5.11 Å². The van der Waals surface area contributed by atoms with Crippen LogP contribution < -0.4 is 0 Å². The minimum Gasteiger partial charge on any atom is -0.390 e. The Hall–Kier alpha value is -0.820. The summed E-state index contributed by atoms with van der Waals surface area (Å²) in [4.78, 5) is 0. The van der Waals surface area contributed by atoms with Crippen molar-refractivity contribution in [3.63, 3.8) is 0 Å². The molecule has 0 saturated heterocycles. The van der Waals surface area contributed by atoms with Crippen molar-refractivity contribution in [3.05, 3.63) is 34.9 Å². The molecule has 1 aromatic carbocycles. The van der Waals surface area contributed by atoms with Crippen LogP contribution in [-0.2, 0) is 6.42 Å². The fourth-order valence-corrected chi connectivity index (χ4v) is 3.52. The summed E-state index contributed by atoms with van der Waals surface area (Å²) in [6.07, 6.45) is 6.46. The van der Waals surface area contributed by atoms with Crippen molar-refractivity contribution in [1.82, 2.24) is 0 Å². The monoisotopic (exact) mass is 246 g/mol. The van der Waals surface area contributed by atoms with Gasteiger partial charge in [-0.2, -0.15) is 0 Å². The standard InChI is InChI=1S/C17H26O/c1-4-15-6-5-7-17(18,11-15)12-16-9-13(2)8-14(3)10-16/h8-10,15,18H,4-7,11-12H2,1-3H3. The van der Waals surface area contributed by atoms with Gasteiger partial charge in [0.05, 0.1) is 5.60 Å². The summed E-state index contributed by atoms with van der Waals surface area (Å²) in [7, 11) is 0. The molecule has 1 nitrogen and oxygen atoms in total. The van der Waals surface area contributed by atoms with Crippen LogP contribution in [-0.4, -0.2) is 10.7 Å². The third-order valence-corrected chi connectivity index (χ3v) is 4.32. The Labute approximate surface area is 111 Å². The van der Waals surface area contributed by atoms with Gasteiger partial charge in [0, 0.05) is 6.42 Å². The molecule has 1 saturated carbocycles. The van der Waals surface area contributed by atoms with E-state index in [2.05, 4.69) is 39.0 Å². The second kappa shape index (κ2) is 5.44. The van der Waals surface area contributed by atoms with E-state index in [-0.39, 0.29) is 0 Å². The highest BCUT2D eigenvalue weighted by atomic mass is 16.3. The smallest absolute Gasteiger partial charge is 0.0690 e. The van der Waals surface area contributed by atoms with E-state index in [4.69, 9.17) is 0 Å². The summed E-state index contributed by atoms with van der Waals surface area (Å²) in [6, 6.07) is 6.64. The Morgan fingerprint density at radius 2 is 1.89 bits per heavy atom. The Balaban J connectivity index is 2.11. The third kappa shape index (κ3) is 3.35. The normalized spacial score (nSPS) is 28.3. The largest absolute Gasteiger partial charge is 0.390 e. The van der Waals surface area contributed by atoms with Crippen LogP contribution in [0.2, 0.25) is 0 Å². The van der Waals surface area contributed by atoms with Gasteiger partial charge in [-0.3, -0.25) is 0 Å². The van der Waals surface area contributed by atoms with Gasteiger partial charge in [-0.25, -0.2) is 0 Å². The van der Waals surface area contributed by atoms with Crippen LogP contribution in [0.15, 0.2) is 18.2 Å². The minimum atomic E-state index is -0.459. The van der Waals surface area contributed by atoms with E-state index < -0.39 is 5.60 Å². The molecule has 1 aliphatic carbocycles. The van der Waals surface area contributed by atoms with Crippen LogP contribution in [0.4, 0.5) is 0 Å². The first kappa shape index (κ1) is 13.6. The molecular weight excluding hydrogens is 220 g/mol. The zero-order valence-corrected chi connectivity index (χ0v) is 12.0. The van der Waals surface area contributed by atoms with Crippen molar-refractivity contribution in [2.75, 3.05) is 0 Å². The van der Waals surface area contributed by atoms with Crippen LogP contribution in [0.3, 0.4) is 0 Å². The Morgan fingerprint density at radius 1 is 1.22 bits per heavy atom. The predicted molar refractivity (Wildman–Crippen MR) is 76.8 cm³/mol. The lowest BCUT2D eigenvalue weighted by atomic mass is 9.74. The highest BCUT2D eigenvalue weighted by Crippen LogP contribution is 2.36. The summed E-state index contributed by atoms with van der Waals surface area (Å²) in [5.41, 5.74) is 3.44. The van der Waals surface area contributed by atoms with E-state index in [1.807, 2.05) is 0 Å². The summed E-state index contributed by atoms with van der Waals surface area (Å²) in [6.45, 7) is 6.51. The summed E-state index contributed by atoms with van der Waals surface area (Å²) in [5.74, 6) is 0.717. The average molecular weight is 246 g/mol. The number of hydrogen-bond acceptors (Lipinski definition) is 1. The third-order valence-electron chi connectivity index (χ3n) is 4.32. The molecule has 1 aromatic rings. The first-order valence-electron chi connectivity index (χ1n) is 7.30. The average Bonchev–Trinajstić information content (AvgIpc) is 2.26. The molecule has 2 atom stereocenters. The molecule has 1 aliphatic rings. The van der Waals surface area contributed by atoms with Gasteiger partial charge >= 0.3 is 0 Å². The van der Waals surface area contributed by atoms with Crippen LogP contribution in [0, 0.1) is 19.8 Å². The van der Waals surface area contributed by atoms with Crippen molar-refractivity contribution < 1.29 is 5.11 Å². The molecule has 0 aromatic heterocycles. The molecule has 0 aliphatic heterocycles. The lowest BCUT2D eigenvalue weighted by Gasteiger charge is -2.37. The molecule has 2 rings (SSSR count). The van der Waals surface area contributed by atoms with Gasteiger partial charge in [0.25, 0.3) is 0 Å². The molecule has 0 radical (unpaired) electrons. The number of aryl methyl sites for hydroxylation is 2. The molecule has 0 spiro atoms. The Kier molecular flexibility index (Phi) is 4.11. The molecule has 1 heteroatoms. The van der Waals surface area contributed by atoms with Crippen LogP contribution in [0.1, 0.15) is 55.7 Å². The van der Waals surface area contributed by atoms with E-state index >= 15 is 0 Å². The van der Waals surface area contributed by atoms with Gasteiger partial charge in [-0.1, -0.05) is 55.5 Å². The lowest BCUT2D eigenvalue weighted by Crippen LogP contribution is -2.37. The SMILES string of the molecule is CCC1CCCC(O)(Cc2cc(C)cc(C)c2)C1. The fraction of sp³-hybridized carbons (Fsp3) is 0.647. The summed E-state index contributed by atoms with van der Waals surface area (Å²) < 4.78 is 0. The molecule has 1 fully saturated rings. The van der Waals surface area contributed by atoms with Gasteiger partial charge in [-0.05, 0) is 38.2 Å². The lowest BCUT2D eigenvalue weighted by molar-refractivity contribution is -0.0162. The van der Waals surface area contributed by atoms with E-state index in [1.54, 1.807) is 0 Å². The van der Waals surface area contributed by atoms with E-state index in [1.165, 1.54) is 36.0 Å². The molecular formula is C17H26O. The van der Waals surface area contributed by atoms with E-state index in [0.717, 1.165) is 25.2 Å². The van der Waals surface area contributed by atoms with Gasteiger partial charge in [0.2, 0.25) is 0 Å². The summed E-state index contributed by atoms with van der Waals surface area (Å²) >= 11 is 0. The summed E-state index contributed by atoms with van der Waals surface area (Å²) in [5, 5.41) is 10.8. The molecule has 0 heterocycles. The second-order valence-corrected chi connectivity index (χ2v) is 6.27. The van der Waals surface area contributed by atoms with Crippen molar-refractivity contribution in [1.29, 1.82) is 0 Å². The maximum absolute atomic E-state index is 10.8. The highest BCUT2D eigenvalue weighted by molar-refractivity contribution is 5.29. The molecule has 1 N–H and O–H groups in total. The zero-order valence-electron chi connectivity index (χ0n) is 12.0. The van der Waals surface area contributed by atoms with Gasteiger partial charge in [0.15, 0.2) is 0 Å². The highest BCUT2D eigenvalue weighted by Gasteiger charge is 2.33. The minimum absolute atomic E-state index is 0.459. The maximum Gasteiger partial charge on any atom is 0.0690 e. The molecule has 100 valence electrons. The van der Waals surface area contributed by atoms with E-state index in [9.17, 15) is 5.11 Å². The van der Waals surface area contributed by atoms with E-state index in [0.29, 0.717) is 0 Å². The number of aliphatic hydroxyl groups is 1. The van der Waals surface area contributed by atoms with Crippen molar-refractivity contribution >= 4 is 0 Å². The van der Waals surface area contributed by atoms with Crippen molar-refractivity contribution in [3.8, 4) is 0 Å². The van der Waals surface area contributed by atoms with Crippen LogP contribution >= 0.6 is 0 Å². The second-order valence-electron chi connectivity index (χ2n) is 6.27. The molecule has 0 amide bonds. The Morgan fingerprint density at radius 3 is 2.50 bits per heavy atom. The van der Waals surface area contributed by atoms with Gasteiger partial charge in [0.1, 0.15) is 0 Å². The number of benzene rings is 1. The number of hydrogen-bond donors (Lipinski definition) is 1. The first-order valence-corrected chi connectivity index (χ1v) is 7.30. The molecule has 0 bridgehead atoms. The predicted octanol–water partition coefficient (Wildman–Crippen LogP) is 4.18. The Bertz CT molecular complexity index is 390. The van der Waals surface area contributed by atoms with Crippen molar-refractivity contribution in [2.45, 2.75) is 64.9 Å².